The maximum Gasteiger partial charge on any atom is 0.358 e. The van der Waals surface area contributed by atoms with Gasteiger partial charge in [0.05, 0.1) is 17.3 Å². The Hall–Kier alpha value is -1.95. The summed E-state index contributed by atoms with van der Waals surface area (Å²) in [7, 11) is 0. The van der Waals surface area contributed by atoms with Crippen molar-refractivity contribution in [3.63, 3.8) is 0 Å². The number of benzene rings is 1. The van der Waals surface area contributed by atoms with Gasteiger partial charge in [0, 0.05) is 5.56 Å². The largest absolute Gasteiger partial charge is 0.476 e. The first-order chi connectivity index (χ1) is 9.41. The molecular formula is C13H13ClFN3O2. The number of halogens is 2. The molecule has 0 fully saturated rings. The number of aromatic nitrogens is 3. The lowest BCUT2D eigenvalue weighted by molar-refractivity contribution is 0.0688. The topological polar surface area (TPSA) is 68.0 Å². The highest BCUT2D eigenvalue weighted by molar-refractivity contribution is 6.30. The lowest BCUT2D eigenvalue weighted by atomic mass is 10.1. The maximum atomic E-state index is 13.9. The molecule has 106 valence electrons. The Morgan fingerprint density at radius 2 is 2.20 bits per heavy atom. The molecule has 5 nitrogen and oxygen atoms in total. The van der Waals surface area contributed by atoms with Gasteiger partial charge in [0.2, 0.25) is 0 Å². The predicted molar refractivity (Wildman–Crippen MR) is 71.6 cm³/mol. The van der Waals surface area contributed by atoms with E-state index in [9.17, 15) is 9.18 Å². The van der Waals surface area contributed by atoms with Crippen LogP contribution in [0, 0.1) is 5.82 Å². The van der Waals surface area contributed by atoms with Crippen molar-refractivity contribution in [3.8, 4) is 0 Å². The van der Waals surface area contributed by atoms with E-state index in [1.54, 1.807) is 12.1 Å². The molecule has 0 aliphatic heterocycles. The maximum absolute atomic E-state index is 13.9. The zero-order valence-corrected chi connectivity index (χ0v) is 11.7. The van der Waals surface area contributed by atoms with Crippen molar-refractivity contribution in [2.24, 2.45) is 0 Å². The Bertz CT molecular complexity index is 655. The number of carbonyl (C=O) groups is 1. The van der Waals surface area contributed by atoms with Crippen LogP contribution in [0.15, 0.2) is 18.2 Å². The first kappa shape index (κ1) is 14.5. The van der Waals surface area contributed by atoms with Gasteiger partial charge < -0.3 is 5.11 Å². The third-order valence-corrected chi connectivity index (χ3v) is 3.17. The Balaban J connectivity index is 2.44. The molecule has 0 spiro atoms. The van der Waals surface area contributed by atoms with Crippen molar-refractivity contribution in [2.75, 3.05) is 0 Å². The number of carboxylic acid groups (broad SMARTS) is 1. The van der Waals surface area contributed by atoms with Gasteiger partial charge in [0.15, 0.2) is 5.69 Å². The third kappa shape index (κ3) is 2.65. The van der Waals surface area contributed by atoms with Gasteiger partial charge >= 0.3 is 5.97 Å². The lowest BCUT2D eigenvalue weighted by Crippen LogP contribution is -2.11. The molecule has 0 atom stereocenters. The summed E-state index contributed by atoms with van der Waals surface area (Å²) in [5.74, 6) is -1.78. The van der Waals surface area contributed by atoms with E-state index in [1.165, 1.54) is 10.7 Å². The van der Waals surface area contributed by atoms with E-state index in [2.05, 4.69) is 10.3 Å². The molecule has 1 N–H and O–H groups in total. The van der Waals surface area contributed by atoms with Crippen LogP contribution in [0.3, 0.4) is 0 Å². The van der Waals surface area contributed by atoms with Gasteiger partial charge in [0.25, 0.3) is 0 Å². The van der Waals surface area contributed by atoms with Gasteiger partial charge in [-0.3, -0.25) is 0 Å². The summed E-state index contributed by atoms with van der Waals surface area (Å²) < 4.78 is 15.3. The molecule has 0 radical (unpaired) electrons. The van der Waals surface area contributed by atoms with Gasteiger partial charge in [-0.25, -0.2) is 13.9 Å². The van der Waals surface area contributed by atoms with Crippen LogP contribution < -0.4 is 0 Å². The van der Waals surface area contributed by atoms with Crippen LogP contribution in [0.1, 0.15) is 41.5 Å². The van der Waals surface area contributed by atoms with Crippen LogP contribution in [0.2, 0.25) is 5.02 Å². The fourth-order valence-electron chi connectivity index (χ4n) is 1.99. The number of carboxylic acids is 1. The minimum Gasteiger partial charge on any atom is -0.476 e. The monoisotopic (exact) mass is 297 g/mol. The van der Waals surface area contributed by atoms with E-state index in [1.807, 2.05) is 13.8 Å². The molecule has 0 unspecified atom stereocenters. The molecule has 1 heterocycles. The van der Waals surface area contributed by atoms with E-state index in [0.717, 1.165) is 0 Å². The summed E-state index contributed by atoms with van der Waals surface area (Å²) in [6, 6.07) is 4.66. The van der Waals surface area contributed by atoms with E-state index >= 15 is 0 Å². The number of hydrogen-bond acceptors (Lipinski definition) is 3. The summed E-state index contributed by atoms with van der Waals surface area (Å²) in [6.45, 7) is 3.74. The molecule has 0 aliphatic rings. The number of nitrogens with zero attached hydrogens (tertiary/aromatic N) is 3. The van der Waals surface area contributed by atoms with Crippen LogP contribution in [0.25, 0.3) is 0 Å². The Labute approximate surface area is 120 Å². The van der Waals surface area contributed by atoms with E-state index in [4.69, 9.17) is 16.7 Å². The van der Waals surface area contributed by atoms with Crippen LogP contribution in [0.5, 0.6) is 0 Å². The smallest absolute Gasteiger partial charge is 0.358 e. The van der Waals surface area contributed by atoms with E-state index in [0.29, 0.717) is 11.3 Å². The van der Waals surface area contributed by atoms with Gasteiger partial charge in [-0.15, -0.1) is 5.10 Å². The average molecular weight is 298 g/mol. The zero-order chi connectivity index (χ0) is 14.9. The van der Waals surface area contributed by atoms with Crippen LogP contribution in [0.4, 0.5) is 4.39 Å². The quantitative estimate of drug-likeness (QED) is 0.942. The highest BCUT2D eigenvalue weighted by Gasteiger charge is 2.22. The summed E-state index contributed by atoms with van der Waals surface area (Å²) in [5.41, 5.74) is 0.681. The molecule has 0 amide bonds. The van der Waals surface area contributed by atoms with Crippen molar-refractivity contribution < 1.29 is 14.3 Å². The second kappa shape index (κ2) is 5.58. The van der Waals surface area contributed by atoms with Gasteiger partial charge in [0.1, 0.15) is 5.82 Å². The Morgan fingerprint density at radius 1 is 1.50 bits per heavy atom. The van der Waals surface area contributed by atoms with Gasteiger partial charge in [-0.2, -0.15) is 0 Å². The SMILES string of the molecule is CC(C)c1c(C(=O)O)nnn1Cc1cccc(Cl)c1F. The molecule has 0 bridgehead atoms. The zero-order valence-electron chi connectivity index (χ0n) is 11.0. The van der Waals surface area contributed by atoms with Gasteiger partial charge in [-0.1, -0.05) is 42.8 Å². The first-order valence-corrected chi connectivity index (χ1v) is 6.39. The molecule has 0 aliphatic carbocycles. The average Bonchev–Trinajstić information content (AvgIpc) is 2.79. The highest BCUT2D eigenvalue weighted by atomic mass is 35.5. The fourth-order valence-corrected chi connectivity index (χ4v) is 2.19. The predicted octanol–water partition coefficient (Wildman–Crippen LogP) is 2.94. The number of hydrogen-bond donors (Lipinski definition) is 1. The second-order valence-corrected chi connectivity index (χ2v) is 5.06. The minimum atomic E-state index is -1.15. The van der Waals surface area contributed by atoms with Crippen LogP contribution in [-0.4, -0.2) is 26.1 Å². The molecule has 0 saturated heterocycles. The standard InChI is InChI=1S/C13H13ClFN3O2/c1-7(2)12-11(13(19)20)16-17-18(12)6-8-4-3-5-9(14)10(8)15/h3-5,7H,6H2,1-2H3,(H,19,20). The second-order valence-electron chi connectivity index (χ2n) is 4.65. The summed E-state index contributed by atoms with van der Waals surface area (Å²) in [5, 5.41) is 16.5. The van der Waals surface area contributed by atoms with Crippen LogP contribution in [-0.2, 0) is 6.54 Å². The summed E-state index contributed by atoms with van der Waals surface area (Å²) in [6.07, 6.45) is 0. The molecule has 0 saturated carbocycles. The van der Waals surface area contributed by atoms with Crippen LogP contribution >= 0.6 is 11.6 Å². The van der Waals surface area contributed by atoms with E-state index in [-0.39, 0.29) is 23.2 Å². The molecule has 2 rings (SSSR count). The number of aromatic carboxylic acids is 1. The highest BCUT2D eigenvalue weighted by Crippen LogP contribution is 2.22. The molecular weight excluding hydrogens is 285 g/mol. The molecule has 1 aromatic heterocycles. The van der Waals surface area contributed by atoms with Crippen molar-refractivity contribution in [2.45, 2.75) is 26.3 Å². The summed E-state index contributed by atoms with van der Waals surface area (Å²) >= 11 is 5.72. The minimum absolute atomic E-state index is 0.0205. The number of rotatable bonds is 4. The van der Waals surface area contributed by atoms with Crippen molar-refractivity contribution in [3.05, 3.63) is 46.0 Å². The summed E-state index contributed by atoms with van der Waals surface area (Å²) in [4.78, 5) is 11.1. The third-order valence-electron chi connectivity index (χ3n) is 2.87. The van der Waals surface area contributed by atoms with E-state index < -0.39 is 11.8 Å². The van der Waals surface area contributed by atoms with Crippen molar-refractivity contribution in [1.29, 1.82) is 0 Å². The Kier molecular flexibility index (Phi) is 4.04. The first-order valence-electron chi connectivity index (χ1n) is 6.01. The molecule has 1 aromatic carbocycles. The normalized spacial score (nSPS) is 11.1. The molecule has 7 heteroatoms. The lowest BCUT2D eigenvalue weighted by Gasteiger charge is -2.10. The fraction of sp³-hybridized carbons (Fsp3) is 0.308. The Morgan fingerprint density at radius 3 is 2.80 bits per heavy atom. The molecule has 20 heavy (non-hydrogen) atoms. The van der Waals surface area contributed by atoms with Crippen molar-refractivity contribution in [1.82, 2.24) is 15.0 Å². The molecule has 2 aromatic rings. The van der Waals surface area contributed by atoms with Gasteiger partial charge in [-0.05, 0) is 12.0 Å². The van der Waals surface area contributed by atoms with Crippen molar-refractivity contribution >= 4 is 17.6 Å².